The van der Waals surface area contributed by atoms with Crippen LogP contribution < -0.4 is 15.4 Å². The van der Waals surface area contributed by atoms with Crippen molar-refractivity contribution in [3.63, 3.8) is 0 Å². The average Bonchev–Trinajstić information content (AvgIpc) is 3.46. The molecule has 0 fully saturated rings. The molecule has 10 heteroatoms. The molecule has 1 aromatic heterocycles. The number of imidazole rings is 1. The van der Waals surface area contributed by atoms with E-state index in [2.05, 4.69) is 10.6 Å². The Bertz CT molecular complexity index is 1320. The third-order valence-corrected chi connectivity index (χ3v) is 6.71. The van der Waals surface area contributed by atoms with Crippen LogP contribution in [-0.4, -0.2) is 59.0 Å². The molecule has 1 aliphatic heterocycles. The van der Waals surface area contributed by atoms with E-state index in [0.29, 0.717) is 67.2 Å². The fourth-order valence-electron chi connectivity index (χ4n) is 4.86. The molecule has 0 aliphatic carbocycles. The van der Waals surface area contributed by atoms with Crippen LogP contribution in [0.3, 0.4) is 0 Å². The molecule has 2 aromatic carbocycles. The minimum Gasteiger partial charge on any atom is -0.494 e. The fourth-order valence-corrected chi connectivity index (χ4v) is 4.86. The number of aryl methyl sites for hydroxylation is 1. The molecule has 0 spiro atoms. The van der Waals surface area contributed by atoms with Gasteiger partial charge in [-0.25, -0.2) is 9.37 Å². The molecule has 1 aliphatic rings. The van der Waals surface area contributed by atoms with Crippen molar-refractivity contribution in [3.8, 4) is 5.75 Å². The Hall–Kier alpha value is -3.95. The number of methoxy groups -OCH3 is 1. The van der Waals surface area contributed by atoms with Gasteiger partial charge in [-0.3, -0.25) is 15.0 Å². The van der Waals surface area contributed by atoms with E-state index in [0.717, 1.165) is 11.1 Å². The molecule has 0 saturated heterocycles. The van der Waals surface area contributed by atoms with Crippen molar-refractivity contribution < 1.29 is 18.7 Å². The van der Waals surface area contributed by atoms with Crippen LogP contribution in [-0.2, 0) is 13.1 Å². The number of para-hydroxylation sites is 1. The predicted octanol–water partition coefficient (Wildman–Crippen LogP) is 3.83. The number of ether oxygens (including phenoxy) is 1. The Balaban J connectivity index is 1.68. The number of carbonyl (C=O) groups excluding carboxylic acids is 2. The Kier molecular flexibility index (Phi) is 8.05. The molecule has 37 heavy (non-hydrogen) atoms. The van der Waals surface area contributed by atoms with Crippen molar-refractivity contribution in [1.82, 2.24) is 25.1 Å². The molecule has 0 bridgehead atoms. The van der Waals surface area contributed by atoms with Gasteiger partial charge in [0.1, 0.15) is 29.6 Å². The van der Waals surface area contributed by atoms with Gasteiger partial charge in [-0.1, -0.05) is 18.2 Å². The lowest BCUT2D eigenvalue weighted by Crippen LogP contribution is -2.33. The lowest BCUT2D eigenvalue weighted by molar-refractivity contribution is 0.0780. The number of fused-ring (bicyclic) bond motifs is 2. The number of carbonyl (C=O) groups is 2. The molecule has 9 nitrogen and oxygen atoms in total. The minimum atomic E-state index is -0.854. The van der Waals surface area contributed by atoms with Crippen molar-refractivity contribution in [2.75, 3.05) is 26.9 Å². The topological polar surface area (TPSA) is 112 Å². The third-order valence-electron chi connectivity index (χ3n) is 6.71. The number of hydrogen-bond acceptors (Lipinski definition) is 5. The number of nitrogens with zero attached hydrogens (tertiary/aromatic N) is 3. The number of nitrogens with one attached hydrogen (secondary N) is 3. The van der Waals surface area contributed by atoms with Gasteiger partial charge < -0.3 is 24.8 Å². The van der Waals surface area contributed by atoms with Crippen LogP contribution in [0.1, 0.15) is 64.8 Å². The normalized spacial score (nSPS) is 13.5. The van der Waals surface area contributed by atoms with Gasteiger partial charge in [0.2, 0.25) is 0 Å². The van der Waals surface area contributed by atoms with Gasteiger partial charge in [-0.2, -0.15) is 0 Å². The second-order valence-electron chi connectivity index (χ2n) is 8.91. The Labute approximate surface area is 215 Å². The van der Waals surface area contributed by atoms with Crippen molar-refractivity contribution in [3.05, 3.63) is 58.9 Å². The van der Waals surface area contributed by atoms with Crippen LogP contribution in [0.25, 0.3) is 11.0 Å². The van der Waals surface area contributed by atoms with Crippen LogP contribution in [0.4, 0.5) is 4.39 Å². The predicted molar refractivity (Wildman–Crippen MR) is 140 cm³/mol. The largest absolute Gasteiger partial charge is 0.494 e. The highest BCUT2D eigenvalue weighted by Crippen LogP contribution is 2.31. The molecule has 3 aromatic rings. The summed E-state index contributed by atoms with van der Waals surface area (Å²) in [6.07, 6.45) is 1.06. The summed E-state index contributed by atoms with van der Waals surface area (Å²) in [5.41, 5.74) is 3.23. The van der Waals surface area contributed by atoms with Gasteiger partial charge in [-0.05, 0) is 50.5 Å². The maximum atomic E-state index is 13.6. The second-order valence-corrected chi connectivity index (χ2v) is 8.91. The standard InChI is InChI=1S/C27H33FN6O3/c1-4-33-16-17-9-6-10-18(23(17)27(33)36)26(35)31-19(11-8-14-30-22(29)15-28)25-32-24-20(34(25)5-2)12-7-13-21(24)37-3/h6-7,9-10,12-13,19H,4-5,8,11,14-16H2,1-3H3,(H2,29,30)(H,31,35). The summed E-state index contributed by atoms with van der Waals surface area (Å²) < 4.78 is 20.2. The number of benzene rings is 2. The highest BCUT2D eigenvalue weighted by Gasteiger charge is 2.32. The Morgan fingerprint density at radius 1 is 1.22 bits per heavy atom. The summed E-state index contributed by atoms with van der Waals surface area (Å²) in [4.78, 5) is 33.2. The Morgan fingerprint density at radius 3 is 2.70 bits per heavy atom. The van der Waals surface area contributed by atoms with E-state index < -0.39 is 12.7 Å². The van der Waals surface area contributed by atoms with Crippen molar-refractivity contribution in [2.24, 2.45) is 0 Å². The van der Waals surface area contributed by atoms with Crippen LogP contribution in [0.5, 0.6) is 5.75 Å². The van der Waals surface area contributed by atoms with Crippen molar-refractivity contribution in [1.29, 1.82) is 5.41 Å². The number of alkyl halides is 1. The maximum absolute atomic E-state index is 13.6. The molecule has 3 N–H and O–H groups in total. The number of amidine groups is 1. The summed E-state index contributed by atoms with van der Waals surface area (Å²) in [5, 5.41) is 13.4. The monoisotopic (exact) mass is 508 g/mol. The Morgan fingerprint density at radius 2 is 2.00 bits per heavy atom. The molecule has 2 amide bonds. The van der Waals surface area contributed by atoms with E-state index in [1.165, 1.54) is 0 Å². The molecule has 1 atom stereocenters. The van der Waals surface area contributed by atoms with Gasteiger partial charge in [0.15, 0.2) is 0 Å². The van der Waals surface area contributed by atoms with Crippen molar-refractivity contribution >= 4 is 28.7 Å². The minimum absolute atomic E-state index is 0.140. The van der Waals surface area contributed by atoms with Crippen LogP contribution in [0.15, 0.2) is 36.4 Å². The number of rotatable bonds is 11. The summed E-state index contributed by atoms with van der Waals surface area (Å²) in [6.45, 7) is 5.14. The first kappa shape index (κ1) is 26.1. The zero-order valence-corrected chi connectivity index (χ0v) is 21.4. The summed E-state index contributed by atoms with van der Waals surface area (Å²) in [7, 11) is 1.59. The SMILES string of the molecule is CCN1Cc2cccc(C(=O)NC(CCCNC(=N)CF)c3nc4c(OC)cccc4n3CC)c2C1=O. The second kappa shape index (κ2) is 11.4. The lowest BCUT2D eigenvalue weighted by atomic mass is 10.0. The zero-order valence-electron chi connectivity index (χ0n) is 21.4. The number of hydrogen-bond donors (Lipinski definition) is 3. The van der Waals surface area contributed by atoms with Gasteiger partial charge >= 0.3 is 0 Å². The van der Waals surface area contributed by atoms with Crippen LogP contribution >= 0.6 is 0 Å². The van der Waals surface area contributed by atoms with E-state index in [-0.39, 0.29) is 17.6 Å². The fraction of sp³-hybridized carbons (Fsp3) is 0.407. The van der Waals surface area contributed by atoms with Gasteiger partial charge in [-0.15, -0.1) is 0 Å². The highest BCUT2D eigenvalue weighted by molar-refractivity contribution is 6.09. The third kappa shape index (κ3) is 5.14. The van der Waals surface area contributed by atoms with Crippen molar-refractivity contribution in [2.45, 2.75) is 45.8 Å². The quantitative estimate of drug-likeness (QED) is 0.207. The van der Waals surface area contributed by atoms with E-state index in [9.17, 15) is 14.0 Å². The molecule has 0 saturated carbocycles. The number of aromatic nitrogens is 2. The van der Waals surface area contributed by atoms with E-state index >= 15 is 0 Å². The van der Waals surface area contributed by atoms with E-state index in [4.69, 9.17) is 15.1 Å². The first-order valence-electron chi connectivity index (χ1n) is 12.6. The number of amides is 2. The van der Waals surface area contributed by atoms with E-state index in [1.807, 2.05) is 42.7 Å². The molecule has 0 radical (unpaired) electrons. The molecule has 196 valence electrons. The van der Waals surface area contributed by atoms with Crippen LogP contribution in [0.2, 0.25) is 0 Å². The zero-order chi connectivity index (χ0) is 26.5. The first-order valence-corrected chi connectivity index (χ1v) is 12.6. The van der Waals surface area contributed by atoms with E-state index in [1.54, 1.807) is 24.1 Å². The van der Waals surface area contributed by atoms with Crippen LogP contribution in [0, 0.1) is 5.41 Å². The maximum Gasteiger partial charge on any atom is 0.255 e. The summed E-state index contributed by atoms with van der Waals surface area (Å²) in [6, 6.07) is 10.6. The molecule has 1 unspecified atom stereocenters. The van der Waals surface area contributed by atoms with Gasteiger partial charge in [0.05, 0.1) is 29.8 Å². The molecule has 4 rings (SSSR count). The smallest absolute Gasteiger partial charge is 0.255 e. The summed E-state index contributed by atoms with van der Waals surface area (Å²) in [5.74, 6) is 0.647. The van der Waals surface area contributed by atoms with Gasteiger partial charge in [0.25, 0.3) is 11.8 Å². The summed E-state index contributed by atoms with van der Waals surface area (Å²) >= 11 is 0. The lowest BCUT2D eigenvalue weighted by Gasteiger charge is -2.21. The number of halogens is 1. The van der Waals surface area contributed by atoms with Gasteiger partial charge in [0, 0.05) is 26.2 Å². The molecule has 2 heterocycles. The first-order chi connectivity index (χ1) is 17.9. The highest BCUT2D eigenvalue weighted by atomic mass is 19.1. The average molecular weight is 509 g/mol. The molecular formula is C27H33FN6O3. The molecular weight excluding hydrogens is 475 g/mol.